The standard InChI is InChI=1S/C8H7NO4.Ni/c9-6-3-4(7(10)11)1-2-5(6)8(12)13;/h1-3H,9H2,(H,10,11)(H,12,13);/q;+2/p-2. The second kappa shape index (κ2) is 4.62. The minimum Gasteiger partial charge on any atom is -0.545 e. The number of nitrogens with two attached hydrogens (primary N) is 1. The molecule has 0 aliphatic carbocycles. The number of anilines is 1. The number of carbonyl (C=O) groups is 2. The van der Waals surface area contributed by atoms with Crippen LogP contribution in [-0.4, -0.2) is 11.9 Å². The van der Waals surface area contributed by atoms with E-state index in [-0.39, 0.29) is 33.3 Å². The summed E-state index contributed by atoms with van der Waals surface area (Å²) in [4.78, 5) is 20.7. The molecule has 0 atom stereocenters. The molecule has 0 aliphatic rings. The van der Waals surface area contributed by atoms with E-state index in [1.165, 1.54) is 0 Å². The van der Waals surface area contributed by atoms with Gasteiger partial charge in [0.1, 0.15) is 0 Å². The summed E-state index contributed by atoms with van der Waals surface area (Å²) in [6.45, 7) is 0. The van der Waals surface area contributed by atoms with E-state index in [0.717, 1.165) is 18.2 Å². The van der Waals surface area contributed by atoms with Crippen LogP contribution in [0.3, 0.4) is 0 Å². The van der Waals surface area contributed by atoms with Crippen LogP contribution >= 0.6 is 0 Å². The van der Waals surface area contributed by atoms with Crippen LogP contribution in [0.5, 0.6) is 0 Å². The Kier molecular flexibility index (Phi) is 4.11. The molecule has 1 rings (SSSR count). The van der Waals surface area contributed by atoms with Crippen LogP contribution in [0.15, 0.2) is 18.2 Å². The van der Waals surface area contributed by atoms with E-state index < -0.39 is 11.9 Å². The Bertz CT molecular complexity index is 378. The molecule has 0 fully saturated rings. The van der Waals surface area contributed by atoms with E-state index >= 15 is 0 Å². The Morgan fingerprint density at radius 1 is 1.14 bits per heavy atom. The third kappa shape index (κ3) is 2.47. The molecule has 0 saturated heterocycles. The van der Waals surface area contributed by atoms with Crippen LogP contribution in [0.4, 0.5) is 5.69 Å². The van der Waals surface area contributed by atoms with Crippen molar-refractivity contribution >= 4 is 17.6 Å². The molecule has 6 heteroatoms. The van der Waals surface area contributed by atoms with Crippen molar-refractivity contribution in [2.75, 3.05) is 5.73 Å². The monoisotopic (exact) mass is 237 g/mol. The van der Waals surface area contributed by atoms with Crippen LogP contribution in [0.25, 0.3) is 0 Å². The van der Waals surface area contributed by atoms with Crippen molar-refractivity contribution in [2.24, 2.45) is 0 Å². The van der Waals surface area contributed by atoms with Gasteiger partial charge in [0.25, 0.3) is 0 Å². The molecule has 0 aromatic heterocycles. The molecule has 0 saturated carbocycles. The minimum atomic E-state index is -1.44. The average Bonchev–Trinajstić information content (AvgIpc) is 2.03. The van der Waals surface area contributed by atoms with Crippen molar-refractivity contribution in [1.82, 2.24) is 0 Å². The first-order valence-corrected chi connectivity index (χ1v) is 3.34. The Balaban J connectivity index is 0.00000169. The van der Waals surface area contributed by atoms with Crippen LogP contribution in [0, 0.1) is 0 Å². The topological polar surface area (TPSA) is 106 Å². The van der Waals surface area contributed by atoms with Crippen LogP contribution in [-0.2, 0) is 16.5 Å². The zero-order valence-electron chi connectivity index (χ0n) is 6.76. The summed E-state index contributed by atoms with van der Waals surface area (Å²) in [5.41, 5.74) is 4.70. The summed E-state index contributed by atoms with van der Waals surface area (Å²) >= 11 is 0. The molecule has 1 aromatic rings. The quantitative estimate of drug-likeness (QED) is 0.473. The largest absolute Gasteiger partial charge is 2.00 e. The second-order valence-corrected chi connectivity index (χ2v) is 2.38. The molecule has 0 spiro atoms. The fourth-order valence-electron chi connectivity index (χ4n) is 0.876. The fourth-order valence-corrected chi connectivity index (χ4v) is 0.876. The Morgan fingerprint density at radius 2 is 1.71 bits per heavy atom. The molecule has 2 N–H and O–H groups in total. The maximum Gasteiger partial charge on any atom is 2.00 e. The molecule has 0 aliphatic heterocycles. The van der Waals surface area contributed by atoms with Crippen LogP contribution in [0.1, 0.15) is 20.7 Å². The minimum absolute atomic E-state index is 0. The van der Waals surface area contributed by atoms with Crippen molar-refractivity contribution in [2.45, 2.75) is 0 Å². The summed E-state index contributed by atoms with van der Waals surface area (Å²) in [6.07, 6.45) is 0. The number of rotatable bonds is 2. The summed E-state index contributed by atoms with van der Waals surface area (Å²) < 4.78 is 0. The summed E-state index contributed by atoms with van der Waals surface area (Å²) in [7, 11) is 0. The SMILES string of the molecule is Nc1cc(C(=O)[O-])ccc1C(=O)[O-].[Ni+2]. The van der Waals surface area contributed by atoms with E-state index in [9.17, 15) is 19.8 Å². The number of benzene rings is 1. The first kappa shape index (κ1) is 12.5. The molecular weight excluding hydrogens is 233 g/mol. The van der Waals surface area contributed by atoms with Gasteiger partial charge in [0, 0.05) is 11.3 Å². The van der Waals surface area contributed by atoms with Gasteiger partial charge >= 0.3 is 16.5 Å². The number of carboxylic acids is 2. The van der Waals surface area contributed by atoms with E-state index in [0.29, 0.717) is 0 Å². The van der Waals surface area contributed by atoms with Crippen molar-refractivity contribution in [3.63, 3.8) is 0 Å². The van der Waals surface area contributed by atoms with Gasteiger partial charge in [0.05, 0.1) is 11.9 Å². The normalized spacial score (nSPS) is 8.86. The van der Waals surface area contributed by atoms with Crippen LogP contribution < -0.4 is 15.9 Å². The van der Waals surface area contributed by atoms with E-state index in [2.05, 4.69) is 0 Å². The molecule has 0 amide bonds. The molecule has 1 aromatic carbocycles. The number of hydrogen-bond acceptors (Lipinski definition) is 5. The van der Waals surface area contributed by atoms with Gasteiger partial charge in [0.2, 0.25) is 0 Å². The molecule has 14 heavy (non-hydrogen) atoms. The molecule has 0 heterocycles. The summed E-state index contributed by atoms with van der Waals surface area (Å²) in [5.74, 6) is -2.85. The third-order valence-corrected chi connectivity index (χ3v) is 1.51. The number of carbonyl (C=O) groups excluding carboxylic acids is 2. The molecule has 0 bridgehead atoms. The fraction of sp³-hybridized carbons (Fsp3) is 0. The smallest absolute Gasteiger partial charge is 0.545 e. The predicted octanol–water partition coefficient (Wildman–Crippen LogP) is -2.01. The van der Waals surface area contributed by atoms with Gasteiger partial charge in [-0.15, -0.1) is 0 Å². The Labute approximate surface area is 89.5 Å². The van der Waals surface area contributed by atoms with E-state index in [4.69, 9.17) is 5.73 Å². The number of carboxylic acid groups (broad SMARTS) is 2. The van der Waals surface area contributed by atoms with E-state index in [1.54, 1.807) is 0 Å². The predicted molar refractivity (Wildman–Crippen MR) is 39.5 cm³/mol. The molecule has 0 radical (unpaired) electrons. The van der Waals surface area contributed by atoms with E-state index in [1.807, 2.05) is 0 Å². The van der Waals surface area contributed by atoms with Gasteiger partial charge in [-0.05, 0) is 11.6 Å². The number of aromatic carboxylic acids is 2. The van der Waals surface area contributed by atoms with Gasteiger partial charge in [-0.25, -0.2) is 0 Å². The third-order valence-electron chi connectivity index (χ3n) is 1.51. The van der Waals surface area contributed by atoms with Gasteiger partial charge in [-0.3, -0.25) is 0 Å². The number of nitrogen functional groups attached to an aromatic ring is 1. The summed E-state index contributed by atoms with van der Waals surface area (Å²) in [5, 5.41) is 20.7. The molecule has 76 valence electrons. The zero-order valence-corrected chi connectivity index (χ0v) is 7.75. The van der Waals surface area contributed by atoms with Crippen molar-refractivity contribution in [3.05, 3.63) is 29.3 Å². The van der Waals surface area contributed by atoms with Gasteiger partial charge in [0.15, 0.2) is 0 Å². The van der Waals surface area contributed by atoms with Crippen molar-refractivity contribution in [1.29, 1.82) is 0 Å². The molecule has 0 unspecified atom stereocenters. The van der Waals surface area contributed by atoms with Gasteiger partial charge in [-0.1, -0.05) is 12.1 Å². The molecular formula is C8H5NNiO4. The Morgan fingerprint density at radius 3 is 2.07 bits per heavy atom. The summed E-state index contributed by atoms with van der Waals surface area (Å²) in [6, 6.07) is 3.17. The second-order valence-electron chi connectivity index (χ2n) is 2.38. The maximum atomic E-state index is 10.3. The van der Waals surface area contributed by atoms with Gasteiger partial charge < -0.3 is 25.5 Å². The maximum absolute atomic E-state index is 10.3. The zero-order chi connectivity index (χ0) is 10.0. The van der Waals surface area contributed by atoms with Crippen molar-refractivity contribution < 1.29 is 36.3 Å². The first-order chi connectivity index (χ1) is 6.02. The van der Waals surface area contributed by atoms with Crippen molar-refractivity contribution in [3.8, 4) is 0 Å². The average molecular weight is 238 g/mol. The van der Waals surface area contributed by atoms with Crippen LogP contribution in [0.2, 0.25) is 0 Å². The molecule has 5 nitrogen and oxygen atoms in total. The Hall–Kier alpha value is -1.55. The first-order valence-electron chi connectivity index (χ1n) is 3.34. The number of hydrogen-bond donors (Lipinski definition) is 1. The van der Waals surface area contributed by atoms with Gasteiger partial charge in [-0.2, -0.15) is 0 Å².